The molecule has 2 N–H and O–H groups in total. The molecule has 0 fully saturated rings. The number of hydrogen-bond acceptors (Lipinski definition) is 3. The topological polar surface area (TPSA) is 64.2 Å². The fourth-order valence-electron chi connectivity index (χ4n) is 1.75. The third kappa shape index (κ3) is 2.93. The summed E-state index contributed by atoms with van der Waals surface area (Å²) in [6.45, 7) is -0.626. The van der Waals surface area contributed by atoms with Gasteiger partial charge in [0.2, 0.25) is 0 Å². The van der Waals surface area contributed by atoms with E-state index in [2.05, 4.69) is 5.10 Å². The molecule has 0 radical (unpaired) electrons. The van der Waals surface area contributed by atoms with E-state index in [4.69, 9.17) is 5.73 Å². The highest BCUT2D eigenvalue weighted by Crippen LogP contribution is 2.16. The molecule has 0 aliphatic carbocycles. The molecule has 0 unspecified atom stereocenters. The van der Waals surface area contributed by atoms with Crippen LogP contribution in [0.25, 0.3) is 5.69 Å². The van der Waals surface area contributed by atoms with Crippen LogP contribution in [0.2, 0.25) is 0 Å². The molecule has 1 amide bonds. The number of benzene rings is 1. The van der Waals surface area contributed by atoms with Gasteiger partial charge in [0.1, 0.15) is 0 Å². The van der Waals surface area contributed by atoms with Gasteiger partial charge < -0.3 is 10.6 Å². The van der Waals surface area contributed by atoms with Crippen molar-refractivity contribution in [3.8, 4) is 5.69 Å². The molecule has 2 aromatic rings. The Morgan fingerprint density at radius 1 is 1.40 bits per heavy atom. The summed E-state index contributed by atoms with van der Waals surface area (Å²) in [5, 5.41) is 4.07. The van der Waals surface area contributed by atoms with E-state index in [1.54, 1.807) is 30.5 Å². The van der Waals surface area contributed by atoms with Crippen LogP contribution in [0.4, 0.5) is 14.5 Å². The first-order valence-electron chi connectivity index (χ1n) is 5.93. The maximum Gasteiger partial charge on any atom is 0.274 e. The number of carbonyl (C=O) groups excluding carboxylic acids is 1. The Labute approximate surface area is 114 Å². The minimum Gasteiger partial charge on any atom is -0.397 e. The van der Waals surface area contributed by atoms with Crippen LogP contribution in [0, 0.1) is 0 Å². The van der Waals surface area contributed by atoms with Crippen molar-refractivity contribution >= 4 is 11.6 Å². The predicted octanol–water partition coefficient (Wildman–Crippen LogP) is 1.79. The average Bonchev–Trinajstić information content (AvgIpc) is 2.87. The van der Waals surface area contributed by atoms with Gasteiger partial charge in [-0.05, 0) is 18.2 Å². The summed E-state index contributed by atoms with van der Waals surface area (Å²) >= 11 is 0. The number of alkyl halides is 2. The largest absolute Gasteiger partial charge is 0.397 e. The summed E-state index contributed by atoms with van der Waals surface area (Å²) in [6, 6.07) is 8.50. The molecule has 0 saturated heterocycles. The first-order chi connectivity index (χ1) is 9.49. The van der Waals surface area contributed by atoms with Gasteiger partial charge in [-0.1, -0.05) is 12.1 Å². The van der Waals surface area contributed by atoms with E-state index in [0.717, 1.165) is 4.90 Å². The normalized spacial score (nSPS) is 10.8. The van der Waals surface area contributed by atoms with Crippen molar-refractivity contribution in [1.82, 2.24) is 14.7 Å². The fraction of sp³-hybridized carbons (Fsp3) is 0.231. The van der Waals surface area contributed by atoms with Crippen molar-refractivity contribution in [3.05, 3.63) is 42.2 Å². The van der Waals surface area contributed by atoms with Gasteiger partial charge in [0.15, 0.2) is 5.69 Å². The molecular formula is C13H14F2N4O. The molecule has 0 atom stereocenters. The summed E-state index contributed by atoms with van der Waals surface area (Å²) in [7, 11) is 1.31. The fourth-order valence-corrected chi connectivity index (χ4v) is 1.75. The molecule has 1 heterocycles. The zero-order valence-corrected chi connectivity index (χ0v) is 10.8. The molecule has 106 valence electrons. The van der Waals surface area contributed by atoms with Crippen LogP contribution in [-0.4, -0.2) is 40.6 Å². The molecule has 1 aromatic carbocycles. The SMILES string of the molecule is CN(CC(F)F)C(=O)c1ccn(-c2ccccc2N)n1. The molecule has 0 aliphatic heterocycles. The lowest BCUT2D eigenvalue weighted by Gasteiger charge is -2.14. The van der Waals surface area contributed by atoms with Gasteiger partial charge in [0.25, 0.3) is 12.3 Å². The second-order valence-corrected chi connectivity index (χ2v) is 4.28. The number of carbonyl (C=O) groups is 1. The van der Waals surface area contributed by atoms with Crippen LogP contribution in [0.5, 0.6) is 0 Å². The van der Waals surface area contributed by atoms with Gasteiger partial charge >= 0.3 is 0 Å². The van der Waals surface area contributed by atoms with Crippen molar-refractivity contribution in [1.29, 1.82) is 0 Å². The number of hydrogen-bond donors (Lipinski definition) is 1. The van der Waals surface area contributed by atoms with E-state index in [0.29, 0.717) is 11.4 Å². The van der Waals surface area contributed by atoms with Gasteiger partial charge in [-0.25, -0.2) is 13.5 Å². The van der Waals surface area contributed by atoms with Gasteiger partial charge in [-0.3, -0.25) is 4.79 Å². The average molecular weight is 280 g/mol. The molecule has 0 bridgehead atoms. The third-order valence-corrected chi connectivity index (χ3v) is 2.75. The Hall–Kier alpha value is -2.44. The van der Waals surface area contributed by atoms with Gasteiger partial charge in [-0.15, -0.1) is 0 Å². The highest BCUT2D eigenvalue weighted by Gasteiger charge is 2.18. The number of aromatic nitrogens is 2. The van der Waals surface area contributed by atoms with Crippen LogP contribution >= 0.6 is 0 Å². The smallest absolute Gasteiger partial charge is 0.274 e. The van der Waals surface area contributed by atoms with Crippen LogP contribution in [0.3, 0.4) is 0 Å². The first-order valence-corrected chi connectivity index (χ1v) is 5.93. The van der Waals surface area contributed by atoms with Gasteiger partial charge in [-0.2, -0.15) is 5.10 Å². The lowest BCUT2D eigenvalue weighted by atomic mass is 10.3. The minimum atomic E-state index is -2.57. The molecule has 7 heteroatoms. The Balaban J connectivity index is 2.21. The highest BCUT2D eigenvalue weighted by molar-refractivity contribution is 5.92. The van der Waals surface area contributed by atoms with Crippen LogP contribution in [0.1, 0.15) is 10.5 Å². The molecule has 5 nitrogen and oxygen atoms in total. The van der Waals surface area contributed by atoms with Crippen LogP contribution < -0.4 is 5.73 Å². The zero-order valence-electron chi connectivity index (χ0n) is 10.8. The van der Waals surface area contributed by atoms with Crippen LogP contribution in [0.15, 0.2) is 36.5 Å². The molecule has 20 heavy (non-hydrogen) atoms. The Morgan fingerprint density at radius 3 is 2.75 bits per heavy atom. The van der Waals surface area contributed by atoms with E-state index in [-0.39, 0.29) is 5.69 Å². The number of nitrogen functional groups attached to an aromatic ring is 1. The number of rotatable bonds is 4. The number of nitrogens with zero attached hydrogens (tertiary/aromatic N) is 3. The Morgan fingerprint density at radius 2 is 2.10 bits per heavy atom. The molecule has 0 aliphatic rings. The van der Waals surface area contributed by atoms with Crippen molar-refractivity contribution in [3.63, 3.8) is 0 Å². The van der Waals surface area contributed by atoms with Crippen LogP contribution in [-0.2, 0) is 0 Å². The van der Waals surface area contributed by atoms with Crippen molar-refractivity contribution < 1.29 is 13.6 Å². The van der Waals surface area contributed by atoms with E-state index in [1.165, 1.54) is 17.8 Å². The predicted molar refractivity (Wildman–Crippen MR) is 70.9 cm³/mol. The van der Waals surface area contributed by atoms with E-state index >= 15 is 0 Å². The Bertz CT molecular complexity index is 612. The summed E-state index contributed by atoms with van der Waals surface area (Å²) in [5.74, 6) is -0.557. The van der Waals surface area contributed by atoms with Crippen molar-refractivity contribution in [2.24, 2.45) is 0 Å². The second-order valence-electron chi connectivity index (χ2n) is 4.28. The summed E-state index contributed by atoms with van der Waals surface area (Å²) in [6.07, 6.45) is -1.01. The molecule has 1 aromatic heterocycles. The quantitative estimate of drug-likeness (QED) is 0.868. The number of para-hydroxylation sites is 2. The number of anilines is 1. The highest BCUT2D eigenvalue weighted by atomic mass is 19.3. The maximum absolute atomic E-state index is 12.2. The monoisotopic (exact) mass is 280 g/mol. The first kappa shape index (κ1) is 14.0. The molecule has 0 saturated carbocycles. The minimum absolute atomic E-state index is 0.0939. The number of halogens is 2. The third-order valence-electron chi connectivity index (χ3n) is 2.75. The summed E-state index contributed by atoms with van der Waals surface area (Å²) < 4.78 is 25.9. The van der Waals surface area contributed by atoms with E-state index in [9.17, 15) is 13.6 Å². The van der Waals surface area contributed by atoms with Gasteiger partial charge in [0, 0.05) is 13.2 Å². The lowest BCUT2D eigenvalue weighted by Crippen LogP contribution is -2.31. The molecule has 0 spiro atoms. The standard InChI is InChI=1S/C13H14F2N4O/c1-18(8-12(14)15)13(20)10-6-7-19(17-10)11-5-3-2-4-9(11)16/h2-7,12H,8,16H2,1H3. The number of amides is 1. The lowest BCUT2D eigenvalue weighted by molar-refractivity contribution is 0.0615. The maximum atomic E-state index is 12.2. The zero-order chi connectivity index (χ0) is 14.7. The summed E-state index contributed by atoms with van der Waals surface area (Å²) in [4.78, 5) is 12.8. The molecule has 2 rings (SSSR count). The number of nitrogens with two attached hydrogens (primary N) is 1. The van der Waals surface area contributed by atoms with E-state index < -0.39 is 18.9 Å². The van der Waals surface area contributed by atoms with E-state index in [1.807, 2.05) is 0 Å². The summed E-state index contributed by atoms with van der Waals surface area (Å²) in [5.41, 5.74) is 7.04. The van der Waals surface area contributed by atoms with Gasteiger partial charge in [0.05, 0.1) is 17.9 Å². The second kappa shape index (κ2) is 5.68. The molecular weight excluding hydrogens is 266 g/mol. The Kier molecular flexibility index (Phi) is 3.97. The van der Waals surface area contributed by atoms with Crippen molar-refractivity contribution in [2.75, 3.05) is 19.3 Å². The van der Waals surface area contributed by atoms with Crippen molar-refractivity contribution in [2.45, 2.75) is 6.43 Å².